The molecule has 1 saturated heterocycles. The van der Waals surface area contributed by atoms with E-state index in [1.54, 1.807) is 0 Å². The Kier molecular flexibility index (Phi) is 4.58. The topological polar surface area (TPSA) is 75.4 Å². The average Bonchev–Trinajstić information content (AvgIpc) is 2.82. The predicted octanol–water partition coefficient (Wildman–Crippen LogP) is 0.242. The van der Waals surface area contributed by atoms with Crippen LogP contribution >= 0.6 is 0 Å². The lowest BCUT2D eigenvalue weighted by atomic mass is 9.96. The second-order valence-corrected chi connectivity index (χ2v) is 5.50. The van der Waals surface area contributed by atoms with Crippen LogP contribution in [0.5, 0.6) is 0 Å². The summed E-state index contributed by atoms with van der Waals surface area (Å²) in [5.74, 6) is -0.0800. The zero-order valence-electron chi connectivity index (χ0n) is 10.9. The van der Waals surface area contributed by atoms with Crippen LogP contribution in [0.25, 0.3) is 0 Å². The summed E-state index contributed by atoms with van der Waals surface area (Å²) in [6, 6.07) is 0.389. The van der Waals surface area contributed by atoms with Crippen LogP contribution in [0.4, 0.5) is 0 Å². The molecule has 0 spiro atoms. The quantitative estimate of drug-likeness (QED) is 0.753. The van der Waals surface area contributed by atoms with Crippen molar-refractivity contribution in [3.8, 4) is 0 Å². The largest absolute Gasteiger partial charge is 0.369 e. The minimum atomic E-state index is -0.204. The molecule has 2 amide bonds. The number of primary amides is 1. The van der Waals surface area contributed by atoms with E-state index in [2.05, 4.69) is 10.2 Å². The molecule has 5 nitrogen and oxygen atoms in total. The number of hydrogen-bond donors (Lipinski definition) is 2. The van der Waals surface area contributed by atoms with E-state index in [0.29, 0.717) is 12.6 Å². The number of nitrogens with one attached hydrogen (secondary N) is 1. The summed E-state index contributed by atoms with van der Waals surface area (Å²) >= 11 is 0. The van der Waals surface area contributed by atoms with Crippen molar-refractivity contribution in [2.45, 2.75) is 44.6 Å². The molecule has 0 unspecified atom stereocenters. The Hall–Kier alpha value is -1.10. The van der Waals surface area contributed by atoms with Crippen LogP contribution in [0, 0.1) is 5.92 Å². The van der Waals surface area contributed by atoms with Gasteiger partial charge in [-0.3, -0.25) is 14.5 Å². The van der Waals surface area contributed by atoms with Crippen LogP contribution < -0.4 is 11.1 Å². The van der Waals surface area contributed by atoms with Crippen LogP contribution in [0.15, 0.2) is 0 Å². The van der Waals surface area contributed by atoms with Crippen molar-refractivity contribution >= 4 is 11.8 Å². The second kappa shape index (κ2) is 6.18. The summed E-state index contributed by atoms with van der Waals surface area (Å²) in [7, 11) is 0. The van der Waals surface area contributed by atoms with Gasteiger partial charge in [0, 0.05) is 12.0 Å². The number of likely N-dealkylation sites (tertiary alicyclic amines) is 1. The molecule has 1 saturated carbocycles. The summed E-state index contributed by atoms with van der Waals surface area (Å²) in [5.41, 5.74) is 5.29. The van der Waals surface area contributed by atoms with Gasteiger partial charge >= 0.3 is 0 Å². The number of carbonyl (C=O) groups excluding carboxylic acids is 2. The molecule has 0 aromatic rings. The normalized spacial score (nSPS) is 23.1. The maximum atomic E-state index is 11.8. The van der Waals surface area contributed by atoms with E-state index < -0.39 is 0 Å². The minimum Gasteiger partial charge on any atom is -0.369 e. The molecule has 1 aliphatic carbocycles. The molecule has 3 N–H and O–H groups in total. The molecule has 2 aliphatic rings. The molecule has 1 heterocycles. The van der Waals surface area contributed by atoms with Crippen molar-refractivity contribution in [3.63, 3.8) is 0 Å². The molecule has 18 heavy (non-hydrogen) atoms. The first-order valence-corrected chi connectivity index (χ1v) is 6.96. The van der Waals surface area contributed by atoms with E-state index in [4.69, 9.17) is 5.73 Å². The maximum Gasteiger partial charge on any atom is 0.234 e. The van der Waals surface area contributed by atoms with Gasteiger partial charge in [-0.05, 0) is 38.8 Å². The molecule has 102 valence electrons. The van der Waals surface area contributed by atoms with Gasteiger partial charge in [0.2, 0.25) is 11.8 Å². The van der Waals surface area contributed by atoms with E-state index in [1.807, 2.05) is 0 Å². The molecule has 0 atom stereocenters. The Balaban J connectivity index is 1.67. The second-order valence-electron chi connectivity index (χ2n) is 5.50. The van der Waals surface area contributed by atoms with Crippen LogP contribution in [0.3, 0.4) is 0 Å². The van der Waals surface area contributed by atoms with Crippen molar-refractivity contribution in [1.82, 2.24) is 10.2 Å². The van der Waals surface area contributed by atoms with Crippen LogP contribution in [0.1, 0.15) is 38.5 Å². The smallest absolute Gasteiger partial charge is 0.234 e. The fraction of sp³-hybridized carbons (Fsp3) is 0.846. The summed E-state index contributed by atoms with van der Waals surface area (Å²) in [5, 5.41) is 3.09. The summed E-state index contributed by atoms with van der Waals surface area (Å²) in [4.78, 5) is 25.0. The van der Waals surface area contributed by atoms with E-state index in [1.165, 1.54) is 12.8 Å². The standard InChI is InChI=1S/C13H23N3O2/c14-13(18)10-5-7-16(8-6-10)9-12(17)15-11-3-1-2-4-11/h10-11H,1-9H2,(H2,14,18)(H,15,17). The molecular weight excluding hydrogens is 230 g/mol. The number of amides is 2. The van der Waals surface area contributed by atoms with Gasteiger partial charge in [-0.2, -0.15) is 0 Å². The summed E-state index contributed by atoms with van der Waals surface area (Å²) in [6.45, 7) is 2.05. The summed E-state index contributed by atoms with van der Waals surface area (Å²) in [6.07, 6.45) is 6.27. The molecule has 0 bridgehead atoms. The fourth-order valence-corrected chi connectivity index (χ4v) is 2.92. The Bertz CT molecular complexity index is 305. The van der Waals surface area contributed by atoms with E-state index in [0.717, 1.165) is 38.8 Å². The lowest BCUT2D eigenvalue weighted by Crippen LogP contribution is -2.45. The zero-order valence-corrected chi connectivity index (χ0v) is 10.9. The lowest BCUT2D eigenvalue weighted by molar-refractivity contribution is -0.124. The number of carbonyl (C=O) groups is 2. The van der Waals surface area contributed by atoms with E-state index in [9.17, 15) is 9.59 Å². The Morgan fingerprint density at radius 3 is 2.28 bits per heavy atom. The highest BCUT2D eigenvalue weighted by atomic mass is 16.2. The van der Waals surface area contributed by atoms with Gasteiger partial charge in [0.05, 0.1) is 6.54 Å². The number of rotatable bonds is 4. The highest BCUT2D eigenvalue weighted by molar-refractivity contribution is 5.78. The van der Waals surface area contributed by atoms with Gasteiger partial charge in [0.15, 0.2) is 0 Å². The van der Waals surface area contributed by atoms with Gasteiger partial charge in [0.25, 0.3) is 0 Å². The minimum absolute atomic E-state index is 0.000793. The highest BCUT2D eigenvalue weighted by Crippen LogP contribution is 2.18. The van der Waals surface area contributed by atoms with Crippen LogP contribution in [-0.4, -0.2) is 42.4 Å². The van der Waals surface area contributed by atoms with Gasteiger partial charge in [-0.15, -0.1) is 0 Å². The third-order valence-electron chi connectivity index (χ3n) is 4.08. The maximum absolute atomic E-state index is 11.8. The molecule has 5 heteroatoms. The van der Waals surface area contributed by atoms with Crippen molar-refractivity contribution < 1.29 is 9.59 Å². The van der Waals surface area contributed by atoms with Crippen molar-refractivity contribution in [2.24, 2.45) is 11.7 Å². The van der Waals surface area contributed by atoms with Gasteiger partial charge in [0.1, 0.15) is 0 Å². The first-order chi connectivity index (χ1) is 8.65. The third-order valence-corrected chi connectivity index (χ3v) is 4.08. The lowest BCUT2D eigenvalue weighted by Gasteiger charge is -2.30. The number of piperidine rings is 1. The van der Waals surface area contributed by atoms with Gasteiger partial charge < -0.3 is 11.1 Å². The van der Waals surface area contributed by atoms with Gasteiger partial charge in [-0.1, -0.05) is 12.8 Å². The zero-order chi connectivity index (χ0) is 13.0. The molecule has 2 fully saturated rings. The van der Waals surface area contributed by atoms with Crippen LogP contribution in [0.2, 0.25) is 0 Å². The van der Waals surface area contributed by atoms with Gasteiger partial charge in [-0.25, -0.2) is 0 Å². The first kappa shape index (κ1) is 13.3. The molecular formula is C13H23N3O2. The Morgan fingerprint density at radius 2 is 1.72 bits per heavy atom. The third kappa shape index (κ3) is 3.70. The average molecular weight is 253 g/mol. The Labute approximate surface area is 108 Å². The molecule has 0 aromatic carbocycles. The van der Waals surface area contributed by atoms with Crippen molar-refractivity contribution in [2.75, 3.05) is 19.6 Å². The van der Waals surface area contributed by atoms with E-state index in [-0.39, 0.29) is 17.7 Å². The monoisotopic (exact) mass is 253 g/mol. The predicted molar refractivity (Wildman–Crippen MR) is 68.8 cm³/mol. The number of hydrogen-bond acceptors (Lipinski definition) is 3. The molecule has 2 rings (SSSR count). The first-order valence-electron chi connectivity index (χ1n) is 6.96. The fourth-order valence-electron chi connectivity index (χ4n) is 2.92. The summed E-state index contributed by atoms with van der Waals surface area (Å²) < 4.78 is 0. The van der Waals surface area contributed by atoms with Crippen molar-refractivity contribution in [3.05, 3.63) is 0 Å². The highest BCUT2D eigenvalue weighted by Gasteiger charge is 2.25. The SMILES string of the molecule is NC(=O)C1CCN(CC(=O)NC2CCCC2)CC1. The number of nitrogens with zero attached hydrogens (tertiary/aromatic N) is 1. The van der Waals surface area contributed by atoms with Crippen LogP contribution in [-0.2, 0) is 9.59 Å². The Morgan fingerprint density at radius 1 is 1.11 bits per heavy atom. The van der Waals surface area contributed by atoms with E-state index >= 15 is 0 Å². The molecule has 1 aliphatic heterocycles. The molecule has 0 aromatic heterocycles. The van der Waals surface area contributed by atoms with Crippen molar-refractivity contribution in [1.29, 1.82) is 0 Å². The number of nitrogens with two attached hydrogens (primary N) is 1. The molecule has 0 radical (unpaired) electrons.